The zero-order chi connectivity index (χ0) is 13.0. The normalized spacial score (nSPS) is 23.9. The lowest BCUT2D eigenvalue weighted by molar-refractivity contribution is -0.143. The summed E-state index contributed by atoms with van der Waals surface area (Å²) in [6, 6.07) is 0.0671. The zero-order valence-corrected chi connectivity index (χ0v) is 10.3. The lowest BCUT2D eigenvalue weighted by Crippen LogP contribution is -2.40. The Morgan fingerprint density at radius 3 is 2.24 bits per heavy atom. The van der Waals surface area contributed by atoms with Crippen LogP contribution in [0.2, 0.25) is 0 Å². The van der Waals surface area contributed by atoms with Crippen LogP contribution in [0.1, 0.15) is 32.6 Å². The van der Waals surface area contributed by atoms with Crippen LogP contribution in [0.5, 0.6) is 0 Å². The van der Waals surface area contributed by atoms with Crippen molar-refractivity contribution < 1.29 is 19.4 Å². The molecule has 0 radical (unpaired) electrons. The number of carboxylic acid groups (broad SMARTS) is 1. The van der Waals surface area contributed by atoms with Crippen LogP contribution < -0.4 is 0 Å². The van der Waals surface area contributed by atoms with Gasteiger partial charge in [-0.05, 0) is 32.6 Å². The Bertz CT molecular complexity index is 318. The number of hydrogen-bond donors (Lipinski definition) is 1. The van der Waals surface area contributed by atoms with Crippen LogP contribution in [0.4, 0.5) is 4.79 Å². The highest BCUT2D eigenvalue weighted by Gasteiger charge is 2.30. The van der Waals surface area contributed by atoms with Crippen molar-refractivity contribution in [2.24, 2.45) is 5.92 Å². The zero-order valence-electron chi connectivity index (χ0n) is 10.3. The number of carbonyl (C=O) groups excluding carboxylic acids is 1. The second kappa shape index (κ2) is 5.70. The Labute approximate surface area is 101 Å². The van der Waals surface area contributed by atoms with Crippen molar-refractivity contribution >= 4 is 12.1 Å². The maximum absolute atomic E-state index is 11.6. The first-order valence-corrected chi connectivity index (χ1v) is 5.74. The first-order valence-electron chi connectivity index (χ1n) is 5.74. The monoisotopic (exact) mass is 241 g/mol. The molecule has 1 saturated carbocycles. The van der Waals surface area contributed by atoms with Crippen LogP contribution in [-0.4, -0.2) is 35.2 Å². The van der Waals surface area contributed by atoms with Gasteiger partial charge in [0.25, 0.3) is 0 Å². The summed E-state index contributed by atoms with van der Waals surface area (Å²) >= 11 is 0. The van der Waals surface area contributed by atoms with E-state index in [1.165, 1.54) is 4.90 Å². The van der Waals surface area contributed by atoms with Crippen LogP contribution in [0.3, 0.4) is 0 Å². The van der Waals surface area contributed by atoms with Gasteiger partial charge in [-0.1, -0.05) is 6.58 Å². The van der Waals surface area contributed by atoms with Crippen molar-refractivity contribution in [2.45, 2.75) is 38.6 Å². The first-order chi connectivity index (χ1) is 7.91. The highest BCUT2D eigenvalue weighted by molar-refractivity contribution is 5.70. The number of carbonyl (C=O) groups is 2. The van der Waals surface area contributed by atoms with Gasteiger partial charge in [0.15, 0.2) is 0 Å². The summed E-state index contributed by atoms with van der Waals surface area (Å²) in [6.07, 6.45) is 2.23. The van der Waals surface area contributed by atoms with Crippen LogP contribution >= 0.6 is 0 Å². The van der Waals surface area contributed by atoms with E-state index in [1.54, 1.807) is 14.0 Å². The average Bonchev–Trinajstić information content (AvgIpc) is 2.27. The van der Waals surface area contributed by atoms with Gasteiger partial charge in [0.1, 0.15) is 0 Å². The number of carboxylic acids is 1. The molecule has 1 fully saturated rings. The maximum atomic E-state index is 11.6. The fraction of sp³-hybridized carbons (Fsp3) is 0.667. The summed E-state index contributed by atoms with van der Waals surface area (Å²) in [5.74, 6) is -0.645. The highest BCUT2D eigenvalue weighted by Crippen LogP contribution is 2.27. The van der Waals surface area contributed by atoms with Gasteiger partial charge in [0.2, 0.25) is 0 Å². The second-order valence-corrected chi connectivity index (χ2v) is 4.52. The topological polar surface area (TPSA) is 66.8 Å². The van der Waals surface area contributed by atoms with Crippen LogP contribution in [0.25, 0.3) is 0 Å². The van der Waals surface area contributed by atoms with E-state index in [9.17, 15) is 9.59 Å². The van der Waals surface area contributed by atoms with E-state index >= 15 is 0 Å². The summed E-state index contributed by atoms with van der Waals surface area (Å²) in [5.41, 5.74) is 0. The quantitative estimate of drug-likeness (QED) is 0.769. The summed E-state index contributed by atoms with van der Waals surface area (Å²) in [6.45, 7) is 5.13. The third-order valence-electron chi connectivity index (χ3n) is 3.14. The number of ether oxygens (including phenoxy) is 1. The summed E-state index contributed by atoms with van der Waals surface area (Å²) in [7, 11) is 1.68. The van der Waals surface area contributed by atoms with Gasteiger partial charge in [-0.3, -0.25) is 4.79 Å². The van der Waals surface area contributed by atoms with E-state index < -0.39 is 12.1 Å². The van der Waals surface area contributed by atoms with Gasteiger partial charge >= 0.3 is 12.1 Å². The minimum Gasteiger partial charge on any atom is -0.481 e. The predicted molar refractivity (Wildman–Crippen MR) is 62.4 cm³/mol. The van der Waals surface area contributed by atoms with Crippen LogP contribution in [0, 0.1) is 5.92 Å². The smallest absolute Gasteiger partial charge is 0.414 e. The van der Waals surface area contributed by atoms with Gasteiger partial charge in [0.05, 0.1) is 11.7 Å². The lowest BCUT2D eigenvalue weighted by atomic mass is 9.85. The molecule has 0 spiro atoms. The number of rotatable bonds is 3. The van der Waals surface area contributed by atoms with Crippen molar-refractivity contribution in [1.29, 1.82) is 0 Å². The van der Waals surface area contributed by atoms with E-state index in [0.717, 1.165) is 0 Å². The molecule has 17 heavy (non-hydrogen) atoms. The van der Waals surface area contributed by atoms with Crippen LogP contribution in [-0.2, 0) is 9.53 Å². The SMILES string of the molecule is C=C(C)OC(=O)N(C)[C@H]1CC[C@@H](C(=O)O)CC1. The maximum Gasteiger partial charge on any atom is 0.414 e. The Kier molecular flexibility index (Phi) is 4.54. The van der Waals surface area contributed by atoms with Gasteiger partial charge in [0, 0.05) is 13.1 Å². The predicted octanol–water partition coefficient (Wildman–Crippen LogP) is 2.23. The Balaban J connectivity index is 2.45. The molecule has 96 valence electrons. The van der Waals surface area contributed by atoms with Crippen molar-refractivity contribution in [3.05, 3.63) is 12.3 Å². The van der Waals surface area contributed by atoms with Crippen molar-refractivity contribution in [3.8, 4) is 0 Å². The third-order valence-corrected chi connectivity index (χ3v) is 3.14. The molecule has 0 aromatic carbocycles. The molecule has 1 aliphatic carbocycles. The molecule has 5 heteroatoms. The van der Waals surface area contributed by atoms with Gasteiger partial charge < -0.3 is 14.7 Å². The Morgan fingerprint density at radius 1 is 1.29 bits per heavy atom. The molecule has 0 aliphatic heterocycles. The lowest BCUT2D eigenvalue weighted by Gasteiger charge is -2.32. The molecule has 1 rings (SSSR count). The molecule has 0 bridgehead atoms. The van der Waals surface area contributed by atoms with E-state index in [0.29, 0.717) is 31.4 Å². The standard InChI is InChI=1S/C12H19NO4/c1-8(2)17-12(16)13(3)10-6-4-9(5-7-10)11(14)15/h9-10H,1,4-7H2,2-3H3,(H,14,15)/t9-,10+. The average molecular weight is 241 g/mol. The fourth-order valence-electron chi connectivity index (χ4n) is 2.08. The number of allylic oxidation sites excluding steroid dienone is 1. The molecule has 0 heterocycles. The summed E-state index contributed by atoms with van der Waals surface area (Å²) < 4.78 is 4.92. The van der Waals surface area contributed by atoms with Crippen LogP contribution in [0.15, 0.2) is 12.3 Å². The largest absolute Gasteiger partial charge is 0.481 e. The van der Waals surface area contributed by atoms with Gasteiger partial charge in [-0.2, -0.15) is 0 Å². The molecule has 0 atom stereocenters. The van der Waals surface area contributed by atoms with Crippen molar-refractivity contribution in [3.63, 3.8) is 0 Å². The molecule has 1 amide bonds. The fourth-order valence-corrected chi connectivity index (χ4v) is 2.08. The van der Waals surface area contributed by atoms with Gasteiger partial charge in [-0.25, -0.2) is 4.79 Å². The molecule has 0 aromatic heterocycles. The molecule has 1 N–H and O–H groups in total. The number of nitrogens with zero attached hydrogens (tertiary/aromatic N) is 1. The number of amides is 1. The molecule has 1 aliphatic rings. The van der Waals surface area contributed by atoms with E-state index in [4.69, 9.17) is 9.84 Å². The Hall–Kier alpha value is -1.52. The molecule has 5 nitrogen and oxygen atoms in total. The summed E-state index contributed by atoms with van der Waals surface area (Å²) in [5, 5.41) is 8.87. The van der Waals surface area contributed by atoms with E-state index in [2.05, 4.69) is 6.58 Å². The second-order valence-electron chi connectivity index (χ2n) is 4.52. The molecule has 0 unspecified atom stereocenters. The minimum atomic E-state index is -0.740. The first kappa shape index (κ1) is 13.5. The van der Waals surface area contributed by atoms with Crippen molar-refractivity contribution in [1.82, 2.24) is 4.90 Å². The molecule has 0 saturated heterocycles. The van der Waals surface area contributed by atoms with Crippen molar-refractivity contribution in [2.75, 3.05) is 7.05 Å². The molecule has 0 aromatic rings. The summed E-state index contributed by atoms with van der Waals surface area (Å²) in [4.78, 5) is 23.9. The Morgan fingerprint density at radius 2 is 1.82 bits per heavy atom. The highest BCUT2D eigenvalue weighted by atomic mass is 16.6. The van der Waals surface area contributed by atoms with E-state index in [1.807, 2.05) is 0 Å². The van der Waals surface area contributed by atoms with E-state index in [-0.39, 0.29) is 12.0 Å². The molecular formula is C12H19NO4. The third kappa shape index (κ3) is 3.76. The number of hydrogen-bond acceptors (Lipinski definition) is 3. The number of aliphatic carboxylic acids is 1. The van der Waals surface area contributed by atoms with Gasteiger partial charge in [-0.15, -0.1) is 0 Å². The molecular weight excluding hydrogens is 222 g/mol. The minimum absolute atomic E-state index is 0.0671.